The van der Waals surface area contributed by atoms with Gasteiger partial charge in [0.2, 0.25) is 0 Å². The molecular formula is C8H11NO. The Labute approximate surface area is 60.4 Å². The summed E-state index contributed by atoms with van der Waals surface area (Å²) in [7, 11) is 0. The molecule has 1 rings (SSSR count). The van der Waals surface area contributed by atoms with Crippen LogP contribution >= 0.6 is 0 Å². The van der Waals surface area contributed by atoms with Crippen LogP contribution in [0.2, 0.25) is 0 Å². The maximum Gasteiger partial charge on any atom is 0.164 e. The summed E-state index contributed by atoms with van der Waals surface area (Å²) >= 11 is 0. The summed E-state index contributed by atoms with van der Waals surface area (Å²) in [6, 6.07) is -0.0753. The molecule has 2 nitrogen and oxygen atoms in total. The van der Waals surface area contributed by atoms with Crippen molar-refractivity contribution in [3.8, 4) is 0 Å². The van der Waals surface area contributed by atoms with Crippen molar-refractivity contribution in [2.75, 3.05) is 0 Å². The average Bonchev–Trinajstić information content (AvgIpc) is 1.88. The van der Waals surface area contributed by atoms with Gasteiger partial charge in [-0.1, -0.05) is 18.2 Å². The first-order chi connectivity index (χ1) is 4.72. The van der Waals surface area contributed by atoms with E-state index in [4.69, 9.17) is 5.73 Å². The molecule has 0 spiro atoms. The van der Waals surface area contributed by atoms with Crippen LogP contribution in [-0.4, -0.2) is 11.8 Å². The molecule has 0 saturated heterocycles. The maximum atomic E-state index is 11.0. The molecule has 0 aliphatic heterocycles. The summed E-state index contributed by atoms with van der Waals surface area (Å²) in [5.74, 6) is 0.00231. The van der Waals surface area contributed by atoms with E-state index in [9.17, 15) is 4.79 Å². The lowest BCUT2D eigenvalue weighted by Gasteiger charge is -2.14. The van der Waals surface area contributed by atoms with E-state index in [0.29, 0.717) is 0 Å². The molecule has 0 aromatic rings. The Kier molecular flexibility index (Phi) is 2.02. The number of allylic oxidation sites excluding steroid dienone is 3. The van der Waals surface area contributed by atoms with Gasteiger partial charge in [-0.3, -0.25) is 4.79 Å². The first-order valence-corrected chi connectivity index (χ1v) is 3.36. The van der Waals surface area contributed by atoms with Crippen molar-refractivity contribution in [3.05, 3.63) is 24.3 Å². The number of rotatable bonds is 1. The molecule has 2 heteroatoms. The van der Waals surface area contributed by atoms with Crippen LogP contribution in [0.5, 0.6) is 0 Å². The predicted molar refractivity (Wildman–Crippen MR) is 40.4 cm³/mol. The fourth-order valence-electron chi connectivity index (χ4n) is 0.975. The van der Waals surface area contributed by atoms with E-state index >= 15 is 0 Å². The quantitative estimate of drug-likeness (QED) is 0.576. The Morgan fingerprint density at radius 2 is 2.30 bits per heavy atom. The fraction of sp³-hybridized carbons (Fsp3) is 0.375. The largest absolute Gasteiger partial charge is 0.327 e. The van der Waals surface area contributed by atoms with Gasteiger partial charge in [0.25, 0.3) is 0 Å². The molecule has 0 saturated carbocycles. The Hall–Kier alpha value is -0.890. The average molecular weight is 137 g/mol. The van der Waals surface area contributed by atoms with Gasteiger partial charge in [-0.25, -0.2) is 0 Å². The molecule has 0 bridgehead atoms. The summed E-state index contributed by atoms with van der Waals surface area (Å²) in [6.45, 7) is 1.84. The molecule has 1 aliphatic carbocycles. The number of hydrogen-bond donors (Lipinski definition) is 1. The zero-order valence-electron chi connectivity index (χ0n) is 5.95. The van der Waals surface area contributed by atoms with Crippen molar-refractivity contribution in [2.45, 2.75) is 13.0 Å². The van der Waals surface area contributed by atoms with Crippen molar-refractivity contribution < 1.29 is 4.79 Å². The normalized spacial score (nSPS) is 27.0. The third-order valence-corrected chi connectivity index (χ3v) is 1.59. The van der Waals surface area contributed by atoms with Gasteiger partial charge in [0.15, 0.2) is 5.78 Å². The lowest BCUT2D eigenvalue weighted by Crippen LogP contribution is -2.31. The second kappa shape index (κ2) is 2.80. The second-order valence-electron chi connectivity index (χ2n) is 2.53. The summed E-state index contributed by atoms with van der Waals surface area (Å²) in [4.78, 5) is 11.0. The molecular weight excluding hydrogens is 126 g/mol. The number of carbonyl (C=O) groups is 1. The Morgan fingerprint density at radius 1 is 1.60 bits per heavy atom. The number of nitrogens with two attached hydrogens (primary N) is 1. The van der Waals surface area contributed by atoms with E-state index in [-0.39, 0.29) is 17.7 Å². The Balaban J connectivity index is 2.70. The van der Waals surface area contributed by atoms with Crippen LogP contribution in [0.4, 0.5) is 0 Å². The first-order valence-electron chi connectivity index (χ1n) is 3.36. The molecule has 0 heterocycles. The van der Waals surface area contributed by atoms with E-state index in [2.05, 4.69) is 0 Å². The zero-order valence-corrected chi connectivity index (χ0v) is 5.95. The van der Waals surface area contributed by atoms with E-state index in [0.717, 1.165) is 0 Å². The molecule has 0 radical (unpaired) electrons. The van der Waals surface area contributed by atoms with Crippen LogP contribution in [0.3, 0.4) is 0 Å². The van der Waals surface area contributed by atoms with Gasteiger partial charge < -0.3 is 5.73 Å². The Bertz CT molecular complexity index is 191. The number of hydrogen-bond acceptors (Lipinski definition) is 2. The van der Waals surface area contributed by atoms with Crippen LogP contribution in [0, 0.1) is 5.92 Å². The van der Waals surface area contributed by atoms with Gasteiger partial charge in [0.05, 0.1) is 5.92 Å². The van der Waals surface area contributed by atoms with Gasteiger partial charge in [0, 0.05) is 6.04 Å². The van der Waals surface area contributed by atoms with E-state index in [1.54, 1.807) is 12.2 Å². The smallest absolute Gasteiger partial charge is 0.164 e. The van der Waals surface area contributed by atoms with Crippen molar-refractivity contribution in [2.24, 2.45) is 11.7 Å². The number of ketones is 1. The zero-order chi connectivity index (χ0) is 7.56. The molecule has 2 atom stereocenters. The third-order valence-electron chi connectivity index (χ3n) is 1.59. The molecule has 10 heavy (non-hydrogen) atoms. The first kappa shape index (κ1) is 7.22. The van der Waals surface area contributed by atoms with Gasteiger partial charge in [-0.05, 0) is 13.0 Å². The van der Waals surface area contributed by atoms with Gasteiger partial charge in [-0.15, -0.1) is 0 Å². The summed E-state index contributed by atoms with van der Waals surface area (Å²) in [5.41, 5.74) is 5.55. The van der Waals surface area contributed by atoms with Crippen LogP contribution in [0.15, 0.2) is 24.3 Å². The monoisotopic (exact) mass is 137 g/mol. The van der Waals surface area contributed by atoms with Crippen LogP contribution < -0.4 is 5.73 Å². The van der Waals surface area contributed by atoms with Crippen LogP contribution in [-0.2, 0) is 4.79 Å². The minimum Gasteiger partial charge on any atom is -0.327 e. The topological polar surface area (TPSA) is 43.1 Å². The van der Waals surface area contributed by atoms with Crippen LogP contribution in [0.1, 0.15) is 6.92 Å². The lowest BCUT2D eigenvalue weighted by atomic mass is 9.93. The molecule has 1 aliphatic rings. The minimum absolute atomic E-state index is 0.0753. The molecule has 0 amide bonds. The third kappa shape index (κ3) is 1.33. The lowest BCUT2D eigenvalue weighted by molar-refractivity contribution is -0.117. The van der Waals surface area contributed by atoms with E-state index in [1.807, 2.05) is 19.1 Å². The highest BCUT2D eigenvalue weighted by Crippen LogP contribution is 2.10. The van der Waals surface area contributed by atoms with E-state index in [1.165, 1.54) is 0 Å². The number of carbonyl (C=O) groups excluding carboxylic acids is 1. The summed E-state index contributed by atoms with van der Waals surface area (Å²) in [6.07, 6.45) is 7.00. The van der Waals surface area contributed by atoms with Crippen molar-refractivity contribution in [1.29, 1.82) is 0 Å². The van der Waals surface area contributed by atoms with Crippen LogP contribution in [0.25, 0.3) is 0 Å². The maximum absolute atomic E-state index is 11.0. The summed E-state index contributed by atoms with van der Waals surface area (Å²) < 4.78 is 0. The Morgan fingerprint density at radius 3 is 2.70 bits per heavy atom. The van der Waals surface area contributed by atoms with Gasteiger partial charge >= 0.3 is 0 Å². The van der Waals surface area contributed by atoms with Crippen molar-refractivity contribution >= 4 is 5.78 Å². The standard InChI is InChI=1S/C8H11NO/c1-6(9)7-4-2-3-5-8(7)10/h2-7H,9H2,1H3. The molecule has 54 valence electrons. The summed E-state index contributed by atoms with van der Waals surface area (Å²) in [5, 5.41) is 0. The van der Waals surface area contributed by atoms with Gasteiger partial charge in [0.1, 0.15) is 0 Å². The highest BCUT2D eigenvalue weighted by atomic mass is 16.1. The minimum atomic E-state index is -0.106. The van der Waals surface area contributed by atoms with Crippen molar-refractivity contribution in [1.82, 2.24) is 0 Å². The molecule has 0 aromatic carbocycles. The second-order valence-corrected chi connectivity index (χ2v) is 2.53. The SMILES string of the molecule is CC(N)C1C=CC=CC1=O. The highest BCUT2D eigenvalue weighted by molar-refractivity contribution is 5.94. The molecule has 0 fully saturated rings. The molecule has 0 aromatic heterocycles. The highest BCUT2D eigenvalue weighted by Gasteiger charge is 2.17. The van der Waals surface area contributed by atoms with E-state index < -0.39 is 0 Å². The molecule has 2 unspecified atom stereocenters. The fourth-order valence-corrected chi connectivity index (χ4v) is 0.975. The molecule has 2 N–H and O–H groups in total. The van der Waals surface area contributed by atoms with Crippen molar-refractivity contribution in [3.63, 3.8) is 0 Å². The predicted octanol–water partition coefficient (Wildman–Crippen LogP) is 0.645. The van der Waals surface area contributed by atoms with Gasteiger partial charge in [-0.2, -0.15) is 0 Å².